The molecule has 2 amide bonds. The molecule has 28 heavy (non-hydrogen) atoms. The maximum Gasteiger partial charge on any atom is 0.273 e. The van der Waals surface area contributed by atoms with Crippen LogP contribution in [0.15, 0.2) is 57.3 Å². The van der Waals surface area contributed by atoms with Crippen molar-refractivity contribution in [3.05, 3.63) is 58.4 Å². The molecule has 1 aromatic carbocycles. The molecule has 4 rings (SSSR count). The van der Waals surface area contributed by atoms with Gasteiger partial charge < -0.3 is 15.7 Å². The van der Waals surface area contributed by atoms with E-state index in [-0.39, 0.29) is 31.1 Å². The summed E-state index contributed by atoms with van der Waals surface area (Å²) in [5, 5.41) is 22.4. The van der Waals surface area contributed by atoms with Gasteiger partial charge in [0, 0.05) is 25.0 Å². The molecule has 8 heteroatoms. The van der Waals surface area contributed by atoms with Gasteiger partial charge in [0.15, 0.2) is 5.71 Å². The first-order valence-electron chi connectivity index (χ1n) is 8.98. The smallest absolute Gasteiger partial charge is 0.273 e. The normalized spacial score (nSPS) is 18.5. The zero-order valence-electron chi connectivity index (χ0n) is 15.3. The van der Waals surface area contributed by atoms with Crippen LogP contribution in [0.4, 0.5) is 4.39 Å². The highest BCUT2D eigenvalue weighted by Crippen LogP contribution is 2.43. The predicted molar refractivity (Wildman–Crippen MR) is 101 cm³/mol. The van der Waals surface area contributed by atoms with E-state index in [2.05, 4.69) is 20.8 Å². The van der Waals surface area contributed by atoms with E-state index in [0.29, 0.717) is 11.1 Å². The van der Waals surface area contributed by atoms with Gasteiger partial charge in [0.1, 0.15) is 11.4 Å². The molecule has 0 bridgehead atoms. The summed E-state index contributed by atoms with van der Waals surface area (Å²) in [6, 6.07) is 5.73. The molecule has 7 nitrogen and oxygen atoms in total. The lowest BCUT2D eigenvalue weighted by Gasteiger charge is -2.30. The van der Waals surface area contributed by atoms with Crippen LogP contribution in [0.2, 0.25) is 0 Å². The largest absolute Gasteiger partial charge is 0.395 e. The van der Waals surface area contributed by atoms with E-state index >= 15 is 0 Å². The summed E-state index contributed by atoms with van der Waals surface area (Å²) >= 11 is 0. The van der Waals surface area contributed by atoms with Crippen LogP contribution in [0.5, 0.6) is 0 Å². The third-order valence-corrected chi connectivity index (χ3v) is 4.97. The second kappa shape index (κ2) is 6.79. The van der Waals surface area contributed by atoms with Gasteiger partial charge in [0.2, 0.25) is 5.91 Å². The lowest BCUT2D eigenvalue weighted by molar-refractivity contribution is -0.130. The van der Waals surface area contributed by atoms with E-state index in [4.69, 9.17) is 5.11 Å². The van der Waals surface area contributed by atoms with Gasteiger partial charge in [-0.3, -0.25) is 9.59 Å². The number of hydrogen-bond acceptors (Lipinski definition) is 5. The standard InChI is InChI=1S/C20H19FN4O3/c1-20(19(28)22-6-7-26,10-11-2-4-13(21)5-3-11)23-18(27)17-15-9-12-8-14(12)16(15)24-25-17/h2-5,9,26H,6-8,10H2,1H3,(H,22,28)(H,23,27)/t20-/m1/s1. The van der Waals surface area contributed by atoms with Crippen LogP contribution in [0.1, 0.15) is 18.9 Å². The molecule has 0 saturated carbocycles. The van der Waals surface area contributed by atoms with E-state index in [9.17, 15) is 14.0 Å². The van der Waals surface area contributed by atoms with Crippen molar-refractivity contribution in [1.82, 2.24) is 10.6 Å². The molecule has 0 radical (unpaired) electrons. The van der Waals surface area contributed by atoms with Crippen molar-refractivity contribution in [3.63, 3.8) is 0 Å². The topological polar surface area (TPSA) is 103 Å². The third kappa shape index (κ3) is 3.27. The summed E-state index contributed by atoms with van der Waals surface area (Å²) in [5.74, 6) is -1.34. The first-order valence-corrected chi connectivity index (χ1v) is 8.98. The summed E-state index contributed by atoms with van der Waals surface area (Å²) in [6.45, 7) is 1.42. The Morgan fingerprint density at radius 3 is 2.71 bits per heavy atom. The molecule has 1 heterocycles. The Morgan fingerprint density at radius 1 is 1.25 bits per heavy atom. The Hall–Kier alpha value is -3.13. The van der Waals surface area contributed by atoms with Crippen molar-refractivity contribution in [1.29, 1.82) is 0 Å². The Labute approximate surface area is 160 Å². The number of carbonyl (C=O) groups is 2. The molecule has 2 aliphatic carbocycles. The molecule has 0 aromatic heterocycles. The minimum atomic E-state index is -1.32. The molecule has 0 fully saturated rings. The SMILES string of the molecule is C[C@](Cc1ccc(F)cc1)(NC(=O)C1=NN=C2C1=CC1=C2C1)C(=O)NCCO. The third-order valence-electron chi connectivity index (χ3n) is 4.97. The van der Waals surface area contributed by atoms with Crippen molar-refractivity contribution >= 4 is 23.2 Å². The first kappa shape index (κ1) is 18.2. The van der Waals surface area contributed by atoms with E-state index in [0.717, 1.165) is 17.7 Å². The van der Waals surface area contributed by atoms with Gasteiger partial charge in [-0.2, -0.15) is 0 Å². The van der Waals surface area contributed by atoms with Crippen molar-refractivity contribution in [2.45, 2.75) is 25.3 Å². The van der Waals surface area contributed by atoms with E-state index in [1.807, 2.05) is 6.08 Å². The number of nitrogens with one attached hydrogen (secondary N) is 2. The molecule has 0 unspecified atom stereocenters. The number of fused-ring (bicyclic) bond motifs is 2. The van der Waals surface area contributed by atoms with Gasteiger partial charge in [0.05, 0.1) is 12.3 Å². The van der Waals surface area contributed by atoms with Crippen LogP contribution in [0.25, 0.3) is 0 Å². The van der Waals surface area contributed by atoms with Gasteiger partial charge in [-0.15, -0.1) is 10.2 Å². The molecule has 0 spiro atoms. The molecular formula is C20H19FN4O3. The summed E-state index contributed by atoms with van der Waals surface area (Å²) in [7, 11) is 0. The number of aliphatic hydroxyl groups excluding tert-OH is 1. The second-order valence-corrected chi connectivity index (χ2v) is 7.20. The summed E-state index contributed by atoms with van der Waals surface area (Å²) in [5.41, 5.74) is 3.26. The molecule has 144 valence electrons. The minimum Gasteiger partial charge on any atom is -0.395 e. The zero-order chi connectivity index (χ0) is 19.9. The molecule has 1 atom stereocenters. The Morgan fingerprint density at radius 2 is 2.00 bits per heavy atom. The fourth-order valence-corrected chi connectivity index (χ4v) is 3.41. The summed E-state index contributed by atoms with van der Waals surface area (Å²) < 4.78 is 13.2. The van der Waals surface area contributed by atoms with Crippen molar-refractivity contribution in [2.75, 3.05) is 13.2 Å². The quantitative estimate of drug-likeness (QED) is 0.650. The number of nitrogens with zero attached hydrogens (tertiary/aromatic N) is 2. The number of rotatable bonds is 7. The number of amides is 2. The highest BCUT2D eigenvalue weighted by molar-refractivity contribution is 6.56. The van der Waals surface area contributed by atoms with Gasteiger partial charge in [-0.05, 0) is 41.8 Å². The minimum absolute atomic E-state index is 0.0592. The van der Waals surface area contributed by atoms with Gasteiger partial charge in [-0.1, -0.05) is 12.1 Å². The van der Waals surface area contributed by atoms with Gasteiger partial charge in [0.25, 0.3) is 5.91 Å². The average molecular weight is 382 g/mol. The summed E-state index contributed by atoms with van der Waals surface area (Å²) in [4.78, 5) is 25.6. The number of hydrogen-bond donors (Lipinski definition) is 3. The molecule has 3 N–H and O–H groups in total. The number of aliphatic hydroxyl groups is 1. The molecule has 0 saturated heterocycles. The van der Waals surface area contributed by atoms with Gasteiger partial charge >= 0.3 is 0 Å². The number of benzene rings is 1. The Kier molecular flexibility index (Phi) is 4.43. The number of halogens is 1. The van der Waals surface area contributed by atoms with Crippen molar-refractivity contribution < 1.29 is 19.1 Å². The highest BCUT2D eigenvalue weighted by atomic mass is 19.1. The summed E-state index contributed by atoms with van der Waals surface area (Å²) in [6.07, 6.45) is 2.94. The maximum absolute atomic E-state index is 13.2. The van der Waals surface area contributed by atoms with Crippen LogP contribution in [-0.4, -0.2) is 47.0 Å². The monoisotopic (exact) mass is 382 g/mol. The zero-order valence-corrected chi connectivity index (χ0v) is 15.3. The van der Waals surface area contributed by atoms with Crippen molar-refractivity contribution in [2.24, 2.45) is 10.2 Å². The van der Waals surface area contributed by atoms with Crippen LogP contribution in [0.3, 0.4) is 0 Å². The average Bonchev–Trinajstić information content (AvgIpc) is 3.14. The van der Waals surface area contributed by atoms with E-state index < -0.39 is 17.4 Å². The van der Waals surface area contributed by atoms with Crippen LogP contribution in [-0.2, 0) is 16.0 Å². The Balaban J connectivity index is 1.53. The second-order valence-electron chi connectivity index (χ2n) is 7.20. The Bertz CT molecular complexity index is 991. The number of carbonyl (C=O) groups excluding carboxylic acids is 2. The maximum atomic E-state index is 13.2. The van der Waals surface area contributed by atoms with Crippen LogP contribution >= 0.6 is 0 Å². The van der Waals surface area contributed by atoms with Crippen LogP contribution in [0, 0.1) is 5.82 Å². The van der Waals surface area contributed by atoms with Gasteiger partial charge in [-0.25, -0.2) is 4.39 Å². The van der Waals surface area contributed by atoms with Crippen molar-refractivity contribution in [3.8, 4) is 0 Å². The fraction of sp³-hybridized carbons (Fsp3) is 0.300. The lowest BCUT2D eigenvalue weighted by Crippen LogP contribution is -2.59. The highest BCUT2D eigenvalue weighted by Gasteiger charge is 2.42. The van der Waals surface area contributed by atoms with E-state index in [1.165, 1.54) is 17.7 Å². The fourth-order valence-electron chi connectivity index (χ4n) is 3.41. The predicted octanol–water partition coefficient (Wildman–Crippen LogP) is 0.802. The molecule has 3 aliphatic rings. The first-order chi connectivity index (χ1) is 13.4. The van der Waals surface area contributed by atoms with Crippen LogP contribution < -0.4 is 10.6 Å². The van der Waals surface area contributed by atoms with E-state index in [1.54, 1.807) is 19.1 Å². The number of allylic oxidation sites excluding steroid dienone is 3. The molecule has 1 aliphatic heterocycles. The lowest BCUT2D eigenvalue weighted by atomic mass is 9.90. The molecule has 1 aromatic rings. The molecular weight excluding hydrogens is 363 g/mol.